The van der Waals surface area contributed by atoms with Gasteiger partial charge in [-0.1, -0.05) is 0 Å². The summed E-state index contributed by atoms with van der Waals surface area (Å²) < 4.78 is 67.9. The molecule has 0 aliphatic carbocycles. The molecule has 1 aromatic heterocycles. The number of esters is 1. The lowest BCUT2D eigenvalue weighted by Gasteiger charge is -2.14. The third-order valence-electron chi connectivity index (χ3n) is 2.18. The molecule has 0 spiro atoms. The fraction of sp³-hybridized carbons (Fsp3) is 0.455. The van der Waals surface area contributed by atoms with Crippen molar-refractivity contribution in [3.63, 3.8) is 0 Å². The van der Waals surface area contributed by atoms with Gasteiger partial charge in [0.15, 0.2) is 5.69 Å². The molecule has 0 aliphatic heterocycles. The predicted molar refractivity (Wildman–Crippen MR) is 67.2 cm³/mol. The summed E-state index contributed by atoms with van der Waals surface area (Å²) in [6.07, 6.45) is -8.82. The minimum atomic E-state index is -5.02. The van der Waals surface area contributed by atoms with Crippen molar-refractivity contribution >= 4 is 28.6 Å². The lowest BCUT2D eigenvalue weighted by molar-refractivity contribution is -0.145. The van der Waals surface area contributed by atoms with Gasteiger partial charge in [-0.3, -0.25) is 4.79 Å². The van der Waals surface area contributed by atoms with E-state index in [0.717, 1.165) is 6.07 Å². The number of aromatic nitrogens is 1. The molecule has 0 unspecified atom stereocenters. The van der Waals surface area contributed by atoms with Crippen LogP contribution in [0.4, 0.5) is 22.0 Å². The number of pyridine rings is 1. The van der Waals surface area contributed by atoms with E-state index >= 15 is 0 Å². The van der Waals surface area contributed by atoms with Gasteiger partial charge in [0.05, 0.1) is 24.3 Å². The van der Waals surface area contributed by atoms with Crippen LogP contribution in [0.1, 0.15) is 30.3 Å². The summed E-state index contributed by atoms with van der Waals surface area (Å²) in [6, 6.07) is 1.02. The van der Waals surface area contributed by atoms with Crippen molar-refractivity contribution in [3.05, 3.63) is 26.6 Å². The number of ether oxygens (including phenoxy) is 1. The molecule has 1 aromatic rings. The maximum atomic E-state index is 12.7. The van der Waals surface area contributed by atoms with E-state index in [0.29, 0.717) is 0 Å². The van der Waals surface area contributed by atoms with E-state index in [1.54, 1.807) is 0 Å². The van der Waals surface area contributed by atoms with Gasteiger partial charge in [-0.15, -0.1) is 0 Å². The Bertz CT molecular complexity index is 504. The molecule has 0 N–H and O–H groups in total. The average molecular weight is 409 g/mol. The molecule has 9 heteroatoms. The fourth-order valence-corrected chi connectivity index (χ4v) is 2.30. The van der Waals surface area contributed by atoms with Gasteiger partial charge in [-0.25, -0.2) is 13.8 Å². The molecular weight excluding hydrogens is 400 g/mol. The molecule has 0 fully saturated rings. The number of halogens is 6. The quantitative estimate of drug-likeness (QED) is 0.432. The first-order valence-corrected chi connectivity index (χ1v) is 6.45. The third-order valence-corrected chi connectivity index (χ3v) is 3.07. The summed E-state index contributed by atoms with van der Waals surface area (Å²) >= 11 is 1.36. The maximum absolute atomic E-state index is 12.7. The van der Waals surface area contributed by atoms with Crippen molar-refractivity contribution < 1.29 is 31.5 Å². The minimum Gasteiger partial charge on any atom is -0.466 e. The number of hydrogen-bond donors (Lipinski definition) is 0. The van der Waals surface area contributed by atoms with Crippen molar-refractivity contribution in [2.75, 3.05) is 6.61 Å². The number of carbonyl (C=O) groups excluding carboxylic acids is 1. The van der Waals surface area contributed by atoms with Crippen molar-refractivity contribution in [3.8, 4) is 0 Å². The second kappa shape index (κ2) is 6.64. The summed E-state index contributed by atoms with van der Waals surface area (Å²) in [4.78, 5) is 14.3. The van der Waals surface area contributed by atoms with Gasteiger partial charge >= 0.3 is 12.1 Å². The number of alkyl halides is 5. The van der Waals surface area contributed by atoms with Gasteiger partial charge in [0.1, 0.15) is 0 Å². The van der Waals surface area contributed by atoms with Crippen LogP contribution in [0.5, 0.6) is 0 Å². The normalized spacial score (nSPS) is 11.8. The minimum absolute atomic E-state index is 0.0666. The van der Waals surface area contributed by atoms with Crippen LogP contribution in [0.3, 0.4) is 0 Å². The van der Waals surface area contributed by atoms with Crippen LogP contribution < -0.4 is 0 Å². The highest BCUT2D eigenvalue weighted by atomic mass is 127. The highest BCUT2D eigenvalue weighted by Gasteiger charge is 2.39. The smallest absolute Gasteiger partial charge is 0.433 e. The van der Waals surface area contributed by atoms with E-state index < -0.39 is 36.2 Å². The highest BCUT2D eigenvalue weighted by Crippen LogP contribution is 2.37. The van der Waals surface area contributed by atoms with E-state index in [-0.39, 0.29) is 15.9 Å². The molecule has 0 amide bonds. The van der Waals surface area contributed by atoms with Crippen molar-refractivity contribution in [1.29, 1.82) is 0 Å². The molecule has 112 valence electrons. The van der Waals surface area contributed by atoms with E-state index in [2.05, 4.69) is 9.72 Å². The molecule has 3 nitrogen and oxygen atoms in total. The van der Waals surface area contributed by atoms with Gasteiger partial charge < -0.3 is 4.74 Å². The van der Waals surface area contributed by atoms with Crippen molar-refractivity contribution in [2.24, 2.45) is 0 Å². The highest BCUT2D eigenvalue weighted by molar-refractivity contribution is 14.1. The Morgan fingerprint density at radius 3 is 2.50 bits per heavy atom. The van der Waals surface area contributed by atoms with Crippen LogP contribution in [0, 0.1) is 3.57 Å². The summed E-state index contributed by atoms with van der Waals surface area (Å²) in [6.45, 7) is 1.60. The summed E-state index contributed by atoms with van der Waals surface area (Å²) in [5, 5.41) is 0. The first-order chi connectivity index (χ1) is 9.16. The van der Waals surface area contributed by atoms with Crippen LogP contribution in [-0.4, -0.2) is 17.6 Å². The van der Waals surface area contributed by atoms with Crippen LogP contribution in [0.15, 0.2) is 6.07 Å². The van der Waals surface area contributed by atoms with Crippen LogP contribution in [0.2, 0.25) is 0 Å². The molecule has 1 rings (SSSR count). The Hall–Kier alpha value is -1.00. The topological polar surface area (TPSA) is 39.2 Å². The van der Waals surface area contributed by atoms with Crippen LogP contribution in [0.25, 0.3) is 0 Å². The van der Waals surface area contributed by atoms with Crippen molar-refractivity contribution in [2.45, 2.75) is 25.9 Å². The molecule has 0 saturated heterocycles. The van der Waals surface area contributed by atoms with Crippen LogP contribution in [-0.2, 0) is 22.1 Å². The average Bonchev–Trinajstić information content (AvgIpc) is 2.26. The second-order valence-corrected chi connectivity index (χ2v) is 4.80. The van der Waals surface area contributed by atoms with Gasteiger partial charge in [-0.2, -0.15) is 13.2 Å². The van der Waals surface area contributed by atoms with Gasteiger partial charge in [0, 0.05) is 3.57 Å². The molecule has 0 atom stereocenters. The Balaban J connectivity index is 3.25. The van der Waals surface area contributed by atoms with Gasteiger partial charge in [0.25, 0.3) is 6.43 Å². The monoisotopic (exact) mass is 409 g/mol. The van der Waals surface area contributed by atoms with E-state index in [9.17, 15) is 26.7 Å². The largest absolute Gasteiger partial charge is 0.466 e. The van der Waals surface area contributed by atoms with Gasteiger partial charge in [-0.05, 0) is 35.6 Å². The SMILES string of the molecule is CCOC(=O)Cc1cc(I)c(C(F)F)c(C(F)(F)F)n1. The molecule has 0 aliphatic rings. The van der Waals surface area contributed by atoms with Crippen LogP contribution >= 0.6 is 22.6 Å². The molecule has 20 heavy (non-hydrogen) atoms. The van der Waals surface area contributed by atoms with E-state index in [1.807, 2.05) is 0 Å². The number of hydrogen-bond acceptors (Lipinski definition) is 3. The number of rotatable bonds is 4. The number of nitrogens with zero attached hydrogens (tertiary/aromatic N) is 1. The predicted octanol–water partition coefficient (Wildman–Crippen LogP) is 3.75. The fourth-order valence-electron chi connectivity index (χ4n) is 1.45. The molecular formula is C11H9F5INO2. The zero-order chi connectivity index (χ0) is 15.5. The van der Waals surface area contributed by atoms with Crippen molar-refractivity contribution in [1.82, 2.24) is 4.98 Å². The summed E-state index contributed by atoms with van der Waals surface area (Å²) in [7, 11) is 0. The van der Waals surface area contributed by atoms with E-state index in [1.165, 1.54) is 29.5 Å². The lowest BCUT2D eigenvalue weighted by Crippen LogP contribution is -2.17. The molecule has 1 heterocycles. The summed E-state index contributed by atoms with van der Waals surface area (Å²) in [5.41, 5.74) is -3.10. The zero-order valence-corrected chi connectivity index (χ0v) is 12.3. The first kappa shape index (κ1) is 17.1. The third kappa shape index (κ3) is 4.25. The number of carbonyl (C=O) groups is 1. The van der Waals surface area contributed by atoms with Gasteiger partial charge in [0.2, 0.25) is 0 Å². The Kier molecular flexibility index (Phi) is 5.66. The zero-order valence-electron chi connectivity index (χ0n) is 10.1. The Labute approximate surface area is 124 Å². The molecule has 0 bridgehead atoms. The molecule has 0 radical (unpaired) electrons. The first-order valence-electron chi connectivity index (χ1n) is 5.37. The van der Waals surface area contributed by atoms with E-state index in [4.69, 9.17) is 0 Å². The maximum Gasteiger partial charge on any atom is 0.433 e. The summed E-state index contributed by atoms with van der Waals surface area (Å²) in [5.74, 6) is -0.770. The lowest BCUT2D eigenvalue weighted by atomic mass is 10.1. The standard InChI is InChI=1S/C11H9F5INO2/c1-2-20-7(19)4-5-3-6(17)8(10(12)13)9(18-5)11(14,15)16/h3,10H,2,4H2,1H3. The molecule has 0 saturated carbocycles. The molecule has 0 aromatic carbocycles. The Morgan fingerprint density at radius 2 is 2.05 bits per heavy atom. The second-order valence-electron chi connectivity index (χ2n) is 3.64. The Morgan fingerprint density at radius 1 is 1.45 bits per heavy atom.